The molecule has 5 aromatic rings. The fraction of sp³-hybridized carbons (Fsp3) is 0.289. The Morgan fingerprint density at radius 2 is 1.46 bits per heavy atom. The Balaban J connectivity index is 1.35. The highest BCUT2D eigenvalue weighted by atomic mass is 16.4. The average Bonchev–Trinajstić information content (AvgIpc) is 3.81. The van der Waals surface area contributed by atoms with Gasteiger partial charge in [-0.25, -0.2) is 9.78 Å². The zero-order valence-corrected chi connectivity index (χ0v) is 30.7. The van der Waals surface area contributed by atoms with Gasteiger partial charge in [-0.05, 0) is 42.7 Å². The van der Waals surface area contributed by atoms with Gasteiger partial charge in [-0.1, -0.05) is 18.2 Å². The van der Waals surface area contributed by atoms with Crippen molar-refractivity contribution in [2.45, 2.75) is 70.1 Å². The van der Waals surface area contributed by atoms with E-state index in [4.69, 9.17) is 4.42 Å². The molecule has 0 spiro atoms. The number of para-hydroxylation sites is 1. The van der Waals surface area contributed by atoms with Crippen molar-refractivity contribution >= 4 is 69.0 Å². The maximum atomic E-state index is 13.8. The van der Waals surface area contributed by atoms with Crippen molar-refractivity contribution in [3.05, 3.63) is 94.5 Å². The number of anilines is 1. The lowest BCUT2D eigenvalue weighted by Gasteiger charge is -2.26. The van der Waals surface area contributed by atoms with E-state index in [1.165, 1.54) is 37.6 Å². The predicted molar refractivity (Wildman–Crippen MR) is 203 cm³/mol. The lowest BCUT2D eigenvalue weighted by atomic mass is 10.0. The smallest absolute Gasteiger partial charge is 0.336 e. The number of carbonyl (C=O) groups is 7. The van der Waals surface area contributed by atoms with Crippen molar-refractivity contribution in [1.29, 1.82) is 0 Å². The van der Waals surface area contributed by atoms with Gasteiger partial charge >= 0.3 is 17.6 Å². The first-order valence-corrected chi connectivity index (χ1v) is 17.7. The number of rotatable bonds is 18. The standard InChI is InChI=1S/C38H40N8O11/c1-19-11-34(52)57-31-14-22(7-8-24(19)31)43-36(54)30(15-33(50)51)46-38(56)29(13-23-17-39-18-41-23)45-35(53)27(9-10-32(48)49)44-37(55)28(42-20(2)47)12-21-16-40-26-6-4-3-5-25(21)26/h3-8,11,14,16-18,27-30,40H,9-10,12-13,15H2,1-2H3,(H,39,41)(H,42,47)(H,43,54)(H,44,55)(H,45,53)(H,46,56)(H,48,49)(H,50,51)/t27-,28-,29-,30-/m1/s1. The number of aromatic nitrogens is 3. The minimum Gasteiger partial charge on any atom is -0.481 e. The molecule has 4 atom stereocenters. The highest BCUT2D eigenvalue weighted by molar-refractivity contribution is 6.01. The molecule has 0 unspecified atom stereocenters. The summed E-state index contributed by atoms with van der Waals surface area (Å²) >= 11 is 0. The number of fused-ring (bicyclic) bond motifs is 2. The molecule has 0 aliphatic heterocycles. The number of nitrogens with zero attached hydrogens (tertiary/aromatic N) is 1. The number of aryl methyl sites for hydroxylation is 1. The Bertz CT molecular complexity index is 2370. The summed E-state index contributed by atoms with van der Waals surface area (Å²) in [5.41, 5.74) is 2.12. The van der Waals surface area contributed by atoms with Crippen LogP contribution in [-0.4, -0.2) is 90.8 Å². The van der Waals surface area contributed by atoms with E-state index in [1.54, 1.807) is 25.3 Å². The minimum absolute atomic E-state index is 0.00781. The molecule has 0 bridgehead atoms. The zero-order chi connectivity index (χ0) is 41.2. The number of carboxylic acids is 2. The molecule has 19 heteroatoms. The first-order valence-electron chi connectivity index (χ1n) is 17.7. The second-order valence-corrected chi connectivity index (χ2v) is 13.3. The number of hydrogen-bond acceptors (Lipinski definition) is 10. The molecule has 3 heterocycles. The SMILES string of the molecule is CC(=O)N[C@H](Cc1c[nH]c2ccccc12)C(=O)N[C@H](CCC(=O)O)C(=O)N[C@H](Cc1cnc[nH]1)C(=O)N[C@H](CC(=O)O)C(=O)Nc1ccc2c(C)cc(=O)oc2c1. The van der Waals surface area contributed by atoms with Crippen molar-refractivity contribution in [3.63, 3.8) is 0 Å². The van der Waals surface area contributed by atoms with Crippen LogP contribution < -0.4 is 32.2 Å². The number of imidazole rings is 1. The van der Waals surface area contributed by atoms with Crippen LogP contribution in [0.1, 0.15) is 43.0 Å². The zero-order valence-electron chi connectivity index (χ0n) is 30.7. The third kappa shape index (κ3) is 11.1. The average molecular weight is 785 g/mol. The third-order valence-electron chi connectivity index (χ3n) is 8.92. The topological polar surface area (TPSA) is 295 Å². The Morgan fingerprint density at radius 3 is 2.14 bits per heavy atom. The lowest BCUT2D eigenvalue weighted by Crippen LogP contribution is -2.58. The quantitative estimate of drug-likeness (QED) is 0.0563. The molecule has 2 aromatic carbocycles. The highest BCUT2D eigenvalue weighted by Crippen LogP contribution is 2.22. The molecule has 0 aliphatic carbocycles. The molecule has 3 aromatic heterocycles. The molecule has 57 heavy (non-hydrogen) atoms. The van der Waals surface area contributed by atoms with E-state index in [0.717, 1.165) is 10.9 Å². The molecule has 0 saturated carbocycles. The van der Waals surface area contributed by atoms with Gasteiger partial charge in [0.25, 0.3) is 0 Å². The van der Waals surface area contributed by atoms with Gasteiger partial charge < -0.3 is 51.2 Å². The van der Waals surface area contributed by atoms with E-state index >= 15 is 0 Å². The van der Waals surface area contributed by atoms with Crippen LogP contribution in [0.15, 0.2) is 76.5 Å². The molecule has 0 aliphatic rings. The largest absolute Gasteiger partial charge is 0.481 e. The lowest BCUT2D eigenvalue weighted by molar-refractivity contribution is -0.140. The van der Waals surface area contributed by atoms with Gasteiger partial charge in [0.15, 0.2) is 0 Å². The summed E-state index contributed by atoms with van der Waals surface area (Å²) in [6.45, 7) is 2.91. The summed E-state index contributed by atoms with van der Waals surface area (Å²) in [7, 11) is 0. The maximum absolute atomic E-state index is 13.8. The van der Waals surface area contributed by atoms with Gasteiger partial charge in [-0.15, -0.1) is 0 Å². The Hall–Kier alpha value is -7.31. The molecule has 0 saturated heterocycles. The van der Waals surface area contributed by atoms with Crippen LogP contribution in [0.4, 0.5) is 5.69 Å². The monoisotopic (exact) mass is 784 g/mol. The maximum Gasteiger partial charge on any atom is 0.336 e. The molecule has 5 amide bonds. The Labute approximate surface area is 323 Å². The molecule has 5 rings (SSSR count). The molecule has 0 radical (unpaired) electrons. The normalized spacial score (nSPS) is 13.2. The van der Waals surface area contributed by atoms with Crippen LogP contribution in [0.2, 0.25) is 0 Å². The number of hydrogen-bond donors (Lipinski definition) is 9. The van der Waals surface area contributed by atoms with E-state index in [1.807, 2.05) is 18.2 Å². The summed E-state index contributed by atoms with van der Waals surface area (Å²) in [5.74, 6) is -7.00. The first-order chi connectivity index (χ1) is 27.2. The van der Waals surface area contributed by atoms with Crippen LogP contribution in [-0.2, 0) is 46.4 Å². The van der Waals surface area contributed by atoms with Gasteiger partial charge in [0, 0.05) is 78.4 Å². The summed E-state index contributed by atoms with van der Waals surface area (Å²) in [5, 5.41) is 32.9. The second kappa shape index (κ2) is 18.3. The molecular weight excluding hydrogens is 744 g/mol. The summed E-state index contributed by atoms with van der Waals surface area (Å²) < 4.78 is 5.22. The molecular formula is C38H40N8O11. The van der Waals surface area contributed by atoms with Gasteiger partial charge in [0.1, 0.15) is 29.8 Å². The van der Waals surface area contributed by atoms with Crippen LogP contribution in [0, 0.1) is 6.92 Å². The van der Waals surface area contributed by atoms with Crippen LogP contribution in [0.25, 0.3) is 21.9 Å². The summed E-state index contributed by atoms with van der Waals surface area (Å²) in [6, 6.07) is 7.13. The number of aliphatic carboxylic acids is 2. The molecule has 298 valence electrons. The minimum atomic E-state index is -1.68. The predicted octanol–water partition coefficient (Wildman–Crippen LogP) is 1.03. The van der Waals surface area contributed by atoms with Crippen molar-refractivity contribution in [2.75, 3.05) is 5.32 Å². The third-order valence-corrected chi connectivity index (χ3v) is 8.92. The molecule has 19 nitrogen and oxygen atoms in total. The number of benzene rings is 2. The van der Waals surface area contributed by atoms with Gasteiger partial charge in [-0.3, -0.25) is 33.6 Å². The second-order valence-electron chi connectivity index (χ2n) is 13.3. The van der Waals surface area contributed by atoms with Crippen LogP contribution in [0.5, 0.6) is 0 Å². The van der Waals surface area contributed by atoms with Crippen LogP contribution >= 0.6 is 0 Å². The highest BCUT2D eigenvalue weighted by Gasteiger charge is 2.33. The van der Waals surface area contributed by atoms with E-state index < -0.39 is 90.5 Å². The van der Waals surface area contributed by atoms with Crippen molar-refractivity contribution in [3.8, 4) is 0 Å². The fourth-order valence-corrected chi connectivity index (χ4v) is 6.17. The van der Waals surface area contributed by atoms with Crippen molar-refractivity contribution in [2.24, 2.45) is 0 Å². The van der Waals surface area contributed by atoms with E-state index in [2.05, 4.69) is 41.5 Å². The number of aromatic amines is 2. The van der Waals surface area contributed by atoms with Gasteiger partial charge in [0.2, 0.25) is 29.5 Å². The van der Waals surface area contributed by atoms with Gasteiger partial charge in [0.05, 0.1) is 12.7 Å². The van der Waals surface area contributed by atoms with E-state index in [-0.39, 0.29) is 24.1 Å². The van der Waals surface area contributed by atoms with E-state index in [0.29, 0.717) is 22.2 Å². The fourth-order valence-electron chi connectivity index (χ4n) is 6.17. The Kier molecular flexibility index (Phi) is 13.2. The Morgan fingerprint density at radius 1 is 0.772 bits per heavy atom. The van der Waals surface area contributed by atoms with Crippen molar-refractivity contribution in [1.82, 2.24) is 36.2 Å². The van der Waals surface area contributed by atoms with E-state index in [9.17, 15) is 48.6 Å². The number of carbonyl (C=O) groups excluding carboxylic acids is 5. The molecule has 9 N–H and O–H groups in total. The van der Waals surface area contributed by atoms with Crippen LogP contribution in [0.3, 0.4) is 0 Å². The van der Waals surface area contributed by atoms with Gasteiger partial charge in [-0.2, -0.15) is 0 Å². The number of nitrogens with one attached hydrogen (secondary N) is 7. The van der Waals surface area contributed by atoms with Crippen molar-refractivity contribution < 1.29 is 48.2 Å². The number of amides is 5. The first kappa shape index (κ1) is 40.9. The summed E-state index contributed by atoms with van der Waals surface area (Å²) in [4.78, 5) is 112. The number of carboxylic acid groups (broad SMARTS) is 2. The number of H-pyrrole nitrogens is 2. The summed E-state index contributed by atoms with van der Waals surface area (Å²) in [6.07, 6.45) is 2.25. The molecule has 0 fully saturated rings.